The highest BCUT2D eigenvalue weighted by Crippen LogP contribution is 2.24. The van der Waals surface area contributed by atoms with Crippen molar-refractivity contribution in [1.82, 2.24) is 0 Å². The Balaban J connectivity index is 2.19. The molecule has 2 rings (SSSR count). The Hall–Kier alpha value is -0.410. The van der Waals surface area contributed by atoms with E-state index >= 15 is 0 Å². The van der Waals surface area contributed by atoms with Crippen molar-refractivity contribution >= 4 is 38.3 Å². The number of ether oxygens (including phenoxy) is 1. The molecule has 0 bridgehead atoms. The van der Waals surface area contributed by atoms with Crippen LogP contribution in [0.1, 0.15) is 12.8 Å². The summed E-state index contributed by atoms with van der Waals surface area (Å²) in [5.41, 5.74) is 0.294. The number of hydrogen-bond donors (Lipinski definition) is 1. The molecule has 1 saturated heterocycles. The zero-order valence-electron chi connectivity index (χ0n) is 9.53. The summed E-state index contributed by atoms with van der Waals surface area (Å²) >= 11 is 1.79. The molecule has 100 valence electrons. The Morgan fingerprint density at radius 1 is 1.33 bits per heavy atom. The molecule has 1 aliphatic heterocycles. The minimum absolute atomic E-state index is 0.283. The van der Waals surface area contributed by atoms with Gasteiger partial charge < -0.3 is 4.74 Å². The van der Waals surface area contributed by atoms with E-state index < -0.39 is 21.1 Å². The average molecular weight is 385 g/mol. The SMILES string of the molecule is O=S(=O)(Nc1cccc(F)c1I)C1CCOCC1. The quantitative estimate of drug-likeness (QED) is 0.813. The molecule has 1 N–H and O–H groups in total. The number of rotatable bonds is 3. The van der Waals surface area contributed by atoms with E-state index in [1.807, 2.05) is 0 Å². The first-order valence-corrected chi connectivity index (χ1v) is 8.16. The molecule has 0 unspecified atom stereocenters. The predicted octanol–water partition coefficient (Wildman–Crippen LogP) is 2.35. The molecule has 1 aromatic carbocycles. The topological polar surface area (TPSA) is 55.4 Å². The summed E-state index contributed by atoms with van der Waals surface area (Å²) in [6, 6.07) is 4.34. The van der Waals surface area contributed by atoms with Crippen molar-refractivity contribution in [3.05, 3.63) is 27.6 Å². The maximum Gasteiger partial charge on any atom is 0.235 e. The van der Waals surface area contributed by atoms with Crippen LogP contribution in [0.15, 0.2) is 18.2 Å². The minimum Gasteiger partial charge on any atom is -0.381 e. The first kappa shape index (κ1) is 14.0. The summed E-state index contributed by atoms with van der Waals surface area (Å²) in [6.07, 6.45) is 0.947. The maximum absolute atomic E-state index is 13.3. The lowest BCUT2D eigenvalue weighted by Gasteiger charge is -2.23. The van der Waals surface area contributed by atoms with Gasteiger partial charge in [0, 0.05) is 13.2 Å². The summed E-state index contributed by atoms with van der Waals surface area (Å²) in [4.78, 5) is 0. The lowest BCUT2D eigenvalue weighted by molar-refractivity contribution is 0.0984. The monoisotopic (exact) mass is 385 g/mol. The summed E-state index contributed by atoms with van der Waals surface area (Å²) in [5, 5.41) is -0.467. The molecule has 1 aromatic rings. The number of nitrogens with one attached hydrogen (secondary N) is 1. The van der Waals surface area contributed by atoms with E-state index in [2.05, 4.69) is 4.72 Å². The van der Waals surface area contributed by atoms with Crippen LogP contribution in [-0.2, 0) is 14.8 Å². The first-order chi connectivity index (χ1) is 8.50. The third-order valence-electron chi connectivity index (χ3n) is 2.81. The van der Waals surface area contributed by atoms with Gasteiger partial charge >= 0.3 is 0 Å². The van der Waals surface area contributed by atoms with Gasteiger partial charge in [0.1, 0.15) is 5.82 Å². The molecule has 1 aliphatic rings. The van der Waals surface area contributed by atoms with Crippen molar-refractivity contribution < 1.29 is 17.5 Å². The molecule has 1 heterocycles. The highest BCUT2D eigenvalue weighted by Gasteiger charge is 2.28. The molecule has 7 heteroatoms. The van der Waals surface area contributed by atoms with Gasteiger partial charge in [0.25, 0.3) is 0 Å². The molecule has 0 amide bonds. The summed E-state index contributed by atoms with van der Waals surface area (Å²) in [5.74, 6) is -0.428. The van der Waals surface area contributed by atoms with E-state index in [1.165, 1.54) is 12.1 Å². The Labute approximate surface area is 119 Å². The van der Waals surface area contributed by atoms with Crippen molar-refractivity contribution in [3.63, 3.8) is 0 Å². The Morgan fingerprint density at radius 2 is 2.00 bits per heavy atom. The molecule has 1 fully saturated rings. The fraction of sp³-hybridized carbons (Fsp3) is 0.455. The van der Waals surface area contributed by atoms with Crippen molar-refractivity contribution in [3.8, 4) is 0 Å². The van der Waals surface area contributed by atoms with Gasteiger partial charge in [-0.05, 0) is 47.6 Å². The van der Waals surface area contributed by atoms with E-state index in [4.69, 9.17) is 4.74 Å². The van der Waals surface area contributed by atoms with E-state index in [9.17, 15) is 12.8 Å². The normalized spacial score (nSPS) is 17.7. The van der Waals surface area contributed by atoms with Crippen molar-refractivity contribution in [2.75, 3.05) is 17.9 Å². The van der Waals surface area contributed by atoms with Crippen molar-refractivity contribution in [2.45, 2.75) is 18.1 Å². The molecule has 0 aliphatic carbocycles. The second kappa shape index (κ2) is 5.70. The van der Waals surface area contributed by atoms with Gasteiger partial charge in [-0.1, -0.05) is 6.07 Å². The van der Waals surface area contributed by atoms with Crippen molar-refractivity contribution in [1.29, 1.82) is 0 Å². The number of hydrogen-bond acceptors (Lipinski definition) is 3. The zero-order valence-corrected chi connectivity index (χ0v) is 12.5. The second-order valence-electron chi connectivity index (χ2n) is 4.06. The molecule has 0 spiro atoms. The van der Waals surface area contributed by atoms with Crippen LogP contribution in [0.2, 0.25) is 0 Å². The highest BCUT2D eigenvalue weighted by atomic mass is 127. The third kappa shape index (κ3) is 3.12. The molecule has 0 aromatic heterocycles. The van der Waals surface area contributed by atoms with Gasteiger partial charge in [0.2, 0.25) is 10.0 Å². The molecular formula is C11H13FINO3S. The summed E-state index contributed by atoms with van der Waals surface area (Å²) in [7, 11) is -3.48. The van der Waals surface area contributed by atoms with Crippen LogP contribution in [-0.4, -0.2) is 26.9 Å². The number of sulfonamides is 1. The van der Waals surface area contributed by atoms with Gasteiger partial charge in [-0.15, -0.1) is 0 Å². The molecule has 18 heavy (non-hydrogen) atoms. The Morgan fingerprint density at radius 3 is 2.67 bits per heavy atom. The van der Waals surface area contributed by atoms with Gasteiger partial charge in [-0.3, -0.25) is 4.72 Å². The maximum atomic E-state index is 13.3. The fourth-order valence-corrected chi connectivity index (χ4v) is 3.94. The number of halogens is 2. The predicted molar refractivity (Wildman–Crippen MR) is 75.5 cm³/mol. The van der Waals surface area contributed by atoms with Gasteiger partial charge in [-0.2, -0.15) is 0 Å². The molecule has 0 saturated carbocycles. The highest BCUT2D eigenvalue weighted by molar-refractivity contribution is 14.1. The summed E-state index contributed by atoms with van der Waals surface area (Å²) in [6.45, 7) is 0.900. The van der Waals surface area contributed by atoms with E-state index in [0.29, 0.717) is 31.7 Å². The molecular weight excluding hydrogens is 372 g/mol. The van der Waals surface area contributed by atoms with E-state index in [0.717, 1.165) is 0 Å². The zero-order chi connectivity index (χ0) is 13.2. The fourth-order valence-electron chi connectivity index (χ4n) is 1.81. The van der Waals surface area contributed by atoms with Crippen LogP contribution < -0.4 is 4.72 Å². The lowest BCUT2D eigenvalue weighted by Crippen LogP contribution is -2.33. The largest absolute Gasteiger partial charge is 0.381 e. The first-order valence-electron chi connectivity index (χ1n) is 5.54. The number of anilines is 1. The average Bonchev–Trinajstić information content (AvgIpc) is 2.36. The van der Waals surface area contributed by atoms with Crippen molar-refractivity contribution in [2.24, 2.45) is 0 Å². The van der Waals surface area contributed by atoms with E-state index in [-0.39, 0.29) is 3.57 Å². The third-order valence-corrected chi connectivity index (χ3v) is 5.76. The van der Waals surface area contributed by atoms with Crippen LogP contribution in [0.25, 0.3) is 0 Å². The lowest BCUT2D eigenvalue weighted by atomic mass is 10.2. The molecule has 0 radical (unpaired) electrons. The molecule has 0 atom stereocenters. The van der Waals surface area contributed by atoms with Gasteiger partial charge in [0.15, 0.2) is 0 Å². The smallest absolute Gasteiger partial charge is 0.235 e. The Bertz CT molecular complexity index is 529. The number of benzene rings is 1. The Kier molecular flexibility index (Phi) is 4.44. The standard InChI is InChI=1S/C11H13FINO3S/c12-9-2-1-3-10(11(9)13)14-18(15,16)8-4-6-17-7-5-8/h1-3,8,14H,4-7H2. The van der Waals surface area contributed by atoms with Crippen LogP contribution in [0.4, 0.5) is 10.1 Å². The van der Waals surface area contributed by atoms with Gasteiger partial charge in [-0.25, -0.2) is 12.8 Å². The summed E-state index contributed by atoms with van der Waals surface area (Å²) < 4.78 is 45.5. The van der Waals surface area contributed by atoms with Gasteiger partial charge in [0.05, 0.1) is 14.5 Å². The van der Waals surface area contributed by atoms with Crippen LogP contribution in [0.5, 0.6) is 0 Å². The second-order valence-corrected chi connectivity index (χ2v) is 7.10. The van der Waals surface area contributed by atoms with Crippen LogP contribution in [0.3, 0.4) is 0 Å². The van der Waals surface area contributed by atoms with Crippen LogP contribution >= 0.6 is 22.6 Å². The minimum atomic E-state index is -3.48. The van der Waals surface area contributed by atoms with Crippen LogP contribution in [0, 0.1) is 9.39 Å². The van der Waals surface area contributed by atoms with E-state index in [1.54, 1.807) is 28.7 Å². The molecule has 4 nitrogen and oxygen atoms in total.